The Morgan fingerprint density at radius 2 is 2.32 bits per heavy atom. The van der Waals surface area contributed by atoms with Crippen molar-refractivity contribution >= 4 is 26.4 Å². The van der Waals surface area contributed by atoms with Gasteiger partial charge in [0.25, 0.3) is 5.56 Å². The third-order valence-corrected chi connectivity index (χ3v) is 3.46. The van der Waals surface area contributed by atoms with Crippen molar-refractivity contribution in [3.05, 3.63) is 32.6 Å². The molecule has 0 spiro atoms. The fourth-order valence-corrected chi connectivity index (χ4v) is 2.46. The fraction of sp³-hybridized carbons (Fsp3) is 0.545. The molecule has 1 aliphatic rings. The second-order valence-electron chi connectivity index (χ2n) is 4.47. The van der Waals surface area contributed by atoms with Gasteiger partial charge in [-0.25, -0.2) is 4.79 Å². The molecule has 3 unspecified atom stereocenters. The van der Waals surface area contributed by atoms with Gasteiger partial charge in [-0.1, -0.05) is 0 Å². The van der Waals surface area contributed by atoms with Crippen molar-refractivity contribution in [1.82, 2.24) is 9.55 Å². The molecule has 1 aromatic heterocycles. The van der Waals surface area contributed by atoms with Gasteiger partial charge in [0, 0.05) is 24.6 Å². The minimum Gasteiger partial charge on any atom is -0.390 e. The third-order valence-electron chi connectivity index (χ3n) is 3.02. The Bertz CT molecular complexity index is 608. The number of carbonyl (C=O) groups is 1. The lowest BCUT2D eigenvalue weighted by atomic mass is 10.1. The molecule has 1 saturated heterocycles. The smallest absolute Gasteiger partial charge is 0.330 e. The molecule has 2 N–H and O–H groups in total. The highest BCUT2D eigenvalue weighted by Crippen LogP contribution is 2.29. The van der Waals surface area contributed by atoms with Crippen LogP contribution < -0.4 is 11.2 Å². The van der Waals surface area contributed by atoms with E-state index >= 15 is 0 Å². The number of rotatable bonds is 3. The van der Waals surface area contributed by atoms with Crippen molar-refractivity contribution in [2.75, 3.05) is 0 Å². The highest BCUT2D eigenvalue weighted by Gasteiger charge is 2.36. The van der Waals surface area contributed by atoms with Crippen LogP contribution in [-0.4, -0.2) is 30.7 Å². The molecular formula is C11H13IN2O5. The van der Waals surface area contributed by atoms with Gasteiger partial charge in [0.1, 0.15) is 6.23 Å². The minimum atomic E-state index is -0.803. The van der Waals surface area contributed by atoms with Gasteiger partial charge in [0.15, 0.2) is 3.79 Å². The number of aromatic nitrogens is 2. The monoisotopic (exact) mass is 380 g/mol. The van der Waals surface area contributed by atoms with E-state index in [1.807, 2.05) is 0 Å². The number of aryl methyl sites for hydroxylation is 1. The quantitative estimate of drug-likeness (QED) is 0.561. The first-order valence-corrected chi connectivity index (χ1v) is 6.80. The maximum Gasteiger partial charge on any atom is 0.330 e. The molecule has 19 heavy (non-hydrogen) atoms. The molecule has 0 bridgehead atoms. The molecule has 7 nitrogen and oxygen atoms in total. The zero-order valence-corrected chi connectivity index (χ0v) is 12.3. The zero-order chi connectivity index (χ0) is 14.2. The molecule has 2 heterocycles. The minimum absolute atomic E-state index is 0.0926. The molecule has 0 aromatic carbocycles. The first kappa shape index (κ1) is 14.4. The van der Waals surface area contributed by atoms with E-state index in [1.54, 1.807) is 29.5 Å². The second-order valence-corrected chi connectivity index (χ2v) is 5.67. The van der Waals surface area contributed by atoms with Crippen LogP contribution in [0.4, 0.5) is 0 Å². The second kappa shape index (κ2) is 5.55. The van der Waals surface area contributed by atoms with E-state index in [2.05, 4.69) is 4.98 Å². The standard InChI is InChI=1S/C11H13IN2O5/c1-5-4-14(11(18)13-10(5)17)9-2-6(15)7(19-9)3-8(12)16/h4,6-7,9,15H,2-3H2,1H3,(H,13,17,18). The Morgan fingerprint density at radius 3 is 2.95 bits per heavy atom. The summed E-state index contributed by atoms with van der Waals surface area (Å²) < 4.78 is 6.63. The zero-order valence-electron chi connectivity index (χ0n) is 10.1. The number of aliphatic hydroxyl groups is 1. The van der Waals surface area contributed by atoms with E-state index in [0.29, 0.717) is 5.56 Å². The fourth-order valence-electron chi connectivity index (χ4n) is 2.03. The van der Waals surface area contributed by atoms with Crippen LogP contribution in [0.25, 0.3) is 0 Å². The van der Waals surface area contributed by atoms with E-state index < -0.39 is 29.7 Å². The van der Waals surface area contributed by atoms with Crippen LogP contribution in [0.3, 0.4) is 0 Å². The van der Waals surface area contributed by atoms with E-state index in [0.717, 1.165) is 0 Å². The Hall–Kier alpha value is -1.00. The van der Waals surface area contributed by atoms with Crippen molar-refractivity contribution in [3.63, 3.8) is 0 Å². The van der Waals surface area contributed by atoms with E-state index in [9.17, 15) is 19.5 Å². The van der Waals surface area contributed by atoms with Crippen molar-refractivity contribution < 1.29 is 14.6 Å². The molecule has 0 amide bonds. The summed E-state index contributed by atoms with van der Waals surface area (Å²) in [6, 6.07) is 0. The summed E-state index contributed by atoms with van der Waals surface area (Å²) in [5.41, 5.74) is -0.654. The highest BCUT2D eigenvalue weighted by molar-refractivity contribution is 14.1. The lowest BCUT2D eigenvalue weighted by Crippen LogP contribution is -2.33. The molecule has 104 valence electrons. The van der Waals surface area contributed by atoms with Crippen LogP contribution in [0.2, 0.25) is 0 Å². The summed E-state index contributed by atoms with van der Waals surface area (Å²) in [6.07, 6.45) is -0.391. The number of nitrogens with zero attached hydrogens (tertiary/aromatic N) is 1. The average molecular weight is 380 g/mol. The van der Waals surface area contributed by atoms with Gasteiger partial charge in [0.2, 0.25) is 0 Å². The molecule has 1 fully saturated rings. The van der Waals surface area contributed by atoms with Crippen LogP contribution in [0.1, 0.15) is 24.6 Å². The number of aliphatic hydroxyl groups excluding tert-OH is 1. The maximum atomic E-state index is 11.7. The SMILES string of the molecule is Cc1cn(C2CC(O)C(CC(=O)I)O2)c(=O)[nH]c1=O. The number of ether oxygens (including phenoxy) is 1. The first-order valence-electron chi connectivity index (χ1n) is 5.72. The lowest BCUT2D eigenvalue weighted by molar-refractivity contribution is -0.113. The van der Waals surface area contributed by atoms with E-state index in [4.69, 9.17) is 4.74 Å². The molecule has 0 saturated carbocycles. The van der Waals surface area contributed by atoms with Gasteiger partial charge in [-0.3, -0.25) is 19.1 Å². The Balaban J connectivity index is 2.25. The van der Waals surface area contributed by atoms with E-state index in [-0.39, 0.29) is 16.6 Å². The van der Waals surface area contributed by atoms with Crippen molar-refractivity contribution in [1.29, 1.82) is 0 Å². The number of aromatic amines is 1. The molecule has 0 aliphatic carbocycles. The summed E-state index contributed by atoms with van der Waals surface area (Å²) in [6.45, 7) is 1.58. The van der Waals surface area contributed by atoms with E-state index in [1.165, 1.54) is 10.8 Å². The number of hydrogen-bond acceptors (Lipinski definition) is 5. The average Bonchev–Trinajstić information content (AvgIpc) is 2.64. The summed E-state index contributed by atoms with van der Waals surface area (Å²) in [4.78, 5) is 36.2. The van der Waals surface area contributed by atoms with Crippen LogP contribution in [-0.2, 0) is 9.53 Å². The normalized spacial score (nSPS) is 26.6. The molecule has 0 radical (unpaired) electrons. The topological polar surface area (TPSA) is 101 Å². The van der Waals surface area contributed by atoms with Gasteiger partial charge in [0.05, 0.1) is 12.2 Å². The molecule has 2 rings (SSSR count). The summed E-state index contributed by atoms with van der Waals surface area (Å²) in [7, 11) is 0. The highest BCUT2D eigenvalue weighted by atomic mass is 127. The van der Waals surface area contributed by atoms with Crippen molar-refractivity contribution in [3.8, 4) is 0 Å². The number of H-pyrrole nitrogens is 1. The Labute approximate surface area is 121 Å². The molecular weight excluding hydrogens is 367 g/mol. The molecule has 8 heteroatoms. The van der Waals surface area contributed by atoms with Gasteiger partial charge in [-0.2, -0.15) is 0 Å². The lowest BCUT2D eigenvalue weighted by Gasteiger charge is -2.15. The predicted molar refractivity (Wildman–Crippen MR) is 74.2 cm³/mol. The third kappa shape index (κ3) is 3.12. The molecule has 1 aromatic rings. The maximum absolute atomic E-state index is 11.7. The van der Waals surface area contributed by atoms with Crippen LogP contribution in [0.15, 0.2) is 15.8 Å². The van der Waals surface area contributed by atoms with Crippen molar-refractivity contribution in [2.24, 2.45) is 0 Å². The summed E-state index contributed by atoms with van der Waals surface area (Å²) in [5, 5.41) is 9.82. The van der Waals surface area contributed by atoms with Crippen LogP contribution in [0.5, 0.6) is 0 Å². The summed E-state index contributed by atoms with van der Waals surface area (Å²) >= 11 is 1.63. The van der Waals surface area contributed by atoms with Gasteiger partial charge in [-0.05, 0) is 29.5 Å². The largest absolute Gasteiger partial charge is 0.390 e. The van der Waals surface area contributed by atoms with Crippen molar-refractivity contribution in [2.45, 2.75) is 38.2 Å². The summed E-state index contributed by atoms with van der Waals surface area (Å²) in [5.74, 6) is 0. The Morgan fingerprint density at radius 1 is 1.63 bits per heavy atom. The molecule has 1 aliphatic heterocycles. The number of hydrogen-bond donors (Lipinski definition) is 2. The number of nitrogens with one attached hydrogen (secondary N) is 1. The van der Waals surface area contributed by atoms with Gasteiger partial charge in [-0.15, -0.1) is 0 Å². The van der Waals surface area contributed by atoms with Crippen LogP contribution >= 0.6 is 22.6 Å². The van der Waals surface area contributed by atoms with Gasteiger partial charge >= 0.3 is 5.69 Å². The van der Waals surface area contributed by atoms with Crippen LogP contribution in [0, 0.1) is 6.92 Å². The number of carbonyl (C=O) groups excluding carboxylic acids is 1. The predicted octanol–water partition coefficient (Wildman–Crippen LogP) is -0.155. The Kier molecular flexibility index (Phi) is 4.21. The van der Waals surface area contributed by atoms with Gasteiger partial charge < -0.3 is 9.84 Å². The number of halogens is 1. The molecule has 3 atom stereocenters. The first-order chi connectivity index (χ1) is 8.88.